The first kappa shape index (κ1) is 44.2. The molecule has 0 atom stereocenters. The van der Waals surface area contributed by atoms with Gasteiger partial charge in [-0.3, -0.25) is 14.5 Å². The van der Waals surface area contributed by atoms with Gasteiger partial charge < -0.3 is 39.9 Å². The number of hydrogen-bond acceptors (Lipinski definition) is 13. The van der Waals surface area contributed by atoms with Crippen LogP contribution in [0, 0.1) is 19.8 Å². The van der Waals surface area contributed by atoms with E-state index in [9.17, 15) is 24.6 Å². The van der Waals surface area contributed by atoms with E-state index in [-0.39, 0.29) is 29.1 Å². The van der Waals surface area contributed by atoms with Crippen molar-refractivity contribution in [1.29, 1.82) is 0 Å². The number of aryl methyl sites for hydroxylation is 2. The molecule has 17 nitrogen and oxygen atoms in total. The van der Waals surface area contributed by atoms with Crippen LogP contribution in [0.1, 0.15) is 36.5 Å². The fourth-order valence-electron chi connectivity index (χ4n) is 8.60. The number of amides is 2. The summed E-state index contributed by atoms with van der Waals surface area (Å²) in [7, 11) is 3.59. The molecule has 2 aromatic heterocycles. The van der Waals surface area contributed by atoms with Gasteiger partial charge in [0.1, 0.15) is 22.9 Å². The number of phenolic OH excluding ortho intramolecular Hbond substituents is 2. The normalized spacial score (nSPS) is 14.6. The van der Waals surface area contributed by atoms with Gasteiger partial charge in [0, 0.05) is 89.3 Å². The second kappa shape index (κ2) is 19.1. The Bertz CT molecular complexity index is 2720. The molecule has 4 N–H and O–H groups in total. The highest BCUT2D eigenvalue weighted by molar-refractivity contribution is 5.85. The van der Waals surface area contributed by atoms with Crippen molar-refractivity contribution in [1.82, 2.24) is 34.5 Å². The van der Waals surface area contributed by atoms with E-state index < -0.39 is 5.69 Å². The summed E-state index contributed by atoms with van der Waals surface area (Å²) in [5.74, 6) is 1.78. The molecule has 0 saturated carbocycles. The highest BCUT2D eigenvalue weighted by Crippen LogP contribution is 2.37. The van der Waals surface area contributed by atoms with Crippen molar-refractivity contribution in [3.8, 4) is 34.3 Å². The number of phenols is 2. The summed E-state index contributed by atoms with van der Waals surface area (Å²) in [5, 5.41) is 30.5. The molecule has 6 aromatic rings. The second-order valence-corrected chi connectivity index (χ2v) is 16.6. The number of hydrogen-bond donors (Lipinski definition) is 4. The van der Waals surface area contributed by atoms with E-state index in [1.807, 2.05) is 97.4 Å². The smallest absolute Gasteiger partial charge is 0.348 e. The zero-order chi connectivity index (χ0) is 45.8. The van der Waals surface area contributed by atoms with Gasteiger partial charge in [-0.1, -0.05) is 30.3 Å². The maximum atomic E-state index is 13.8. The maximum absolute atomic E-state index is 13.8. The largest absolute Gasteiger partial charge is 0.508 e. The van der Waals surface area contributed by atoms with Gasteiger partial charge in [-0.25, -0.2) is 19.4 Å². The number of piperazine rings is 1. The number of benzene rings is 4. The summed E-state index contributed by atoms with van der Waals surface area (Å²) >= 11 is 0. The van der Waals surface area contributed by atoms with Gasteiger partial charge in [0.15, 0.2) is 11.6 Å². The van der Waals surface area contributed by atoms with Crippen molar-refractivity contribution in [2.75, 3.05) is 80.0 Å². The number of ether oxygens (including phenoxy) is 1. The van der Waals surface area contributed by atoms with Gasteiger partial charge in [-0.2, -0.15) is 10.1 Å². The van der Waals surface area contributed by atoms with Crippen molar-refractivity contribution >= 4 is 46.8 Å². The quantitative estimate of drug-likeness (QED) is 0.0919. The molecular formula is C48H55N11O6. The van der Waals surface area contributed by atoms with Crippen molar-refractivity contribution in [2.45, 2.75) is 40.2 Å². The average molecular weight is 882 g/mol. The van der Waals surface area contributed by atoms with Gasteiger partial charge >= 0.3 is 5.69 Å². The standard InChI is InChI=1S/C48H55N11O6/c1-6-65-43-26-36(15-16-38(43)50-47-49-28-40(54(4)30-60)45(51-47)55(5)39-10-8-7-9-31(39)2)57-19-17-34(18-20-57)46(63)58-23-21-56(22-24-58)29-33-11-13-35(14-12-33)59-44(52-53-48(59)64)37-25-32(3)41(61)27-42(37)62/h7-16,25-28,30,34,61-62H,6,17-24,29H2,1-5H3,(H,53,64)(H,49,50,51). The lowest BCUT2D eigenvalue weighted by molar-refractivity contribution is -0.138. The van der Waals surface area contributed by atoms with Gasteiger partial charge in [-0.15, -0.1) is 0 Å². The Hall–Kier alpha value is -7.40. The van der Waals surface area contributed by atoms with Crippen molar-refractivity contribution < 1.29 is 24.5 Å². The van der Waals surface area contributed by atoms with E-state index in [0.29, 0.717) is 71.9 Å². The second-order valence-electron chi connectivity index (χ2n) is 16.6. The number of carbonyl (C=O) groups is 2. The molecule has 0 spiro atoms. The summed E-state index contributed by atoms with van der Waals surface area (Å²) < 4.78 is 7.51. The molecule has 4 heterocycles. The highest BCUT2D eigenvalue weighted by Gasteiger charge is 2.31. The minimum Gasteiger partial charge on any atom is -0.508 e. The topological polar surface area (TPSA) is 189 Å². The van der Waals surface area contributed by atoms with Gasteiger partial charge in [0.05, 0.1) is 29.7 Å². The lowest BCUT2D eigenvalue weighted by atomic mass is 9.94. The number of anilines is 6. The number of para-hydroxylation sites is 1. The first-order chi connectivity index (χ1) is 31.4. The summed E-state index contributed by atoms with van der Waals surface area (Å²) in [4.78, 5) is 57.8. The summed E-state index contributed by atoms with van der Waals surface area (Å²) in [6.45, 7) is 11.2. The van der Waals surface area contributed by atoms with Crippen LogP contribution < -0.4 is 30.4 Å². The van der Waals surface area contributed by atoms with Gasteiger partial charge in [-0.05, 0) is 86.7 Å². The lowest BCUT2D eigenvalue weighted by Gasteiger charge is -2.39. The average Bonchev–Trinajstić information content (AvgIpc) is 3.71. The predicted molar refractivity (Wildman–Crippen MR) is 251 cm³/mol. The van der Waals surface area contributed by atoms with Crippen LogP contribution in [0.25, 0.3) is 17.1 Å². The van der Waals surface area contributed by atoms with E-state index in [2.05, 4.69) is 30.3 Å². The van der Waals surface area contributed by atoms with Gasteiger partial charge in [0.25, 0.3) is 0 Å². The Morgan fingerprint density at radius 2 is 1.62 bits per heavy atom. The van der Waals surface area contributed by atoms with Crippen LogP contribution in [-0.2, 0) is 16.1 Å². The van der Waals surface area contributed by atoms with Crippen LogP contribution in [0.5, 0.6) is 17.2 Å². The van der Waals surface area contributed by atoms with Crippen LogP contribution >= 0.6 is 0 Å². The minimum absolute atomic E-state index is 0.0355. The van der Waals surface area contributed by atoms with E-state index >= 15 is 0 Å². The minimum atomic E-state index is -0.444. The van der Waals surface area contributed by atoms with Crippen molar-refractivity contribution in [3.05, 3.63) is 112 Å². The molecule has 0 aliphatic carbocycles. The Morgan fingerprint density at radius 3 is 2.32 bits per heavy atom. The summed E-state index contributed by atoms with van der Waals surface area (Å²) in [6, 6.07) is 24.5. The molecular weight excluding hydrogens is 827 g/mol. The zero-order valence-corrected chi connectivity index (χ0v) is 37.4. The first-order valence-corrected chi connectivity index (χ1v) is 21.9. The number of carbonyl (C=O) groups excluding carboxylic acids is 2. The van der Waals surface area contributed by atoms with Crippen LogP contribution in [0.3, 0.4) is 0 Å². The molecule has 0 bridgehead atoms. The number of aromatic nitrogens is 5. The lowest BCUT2D eigenvalue weighted by Crippen LogP contribution is -2.51. The molecule has 0 unspecified atom stereocenters. The molecule has 2 amide bonds. The highest BCUT2D eigenvalue weighted by atomic mass is 16.5. The third-order valence-corrected chi connectivity index (χ3v) is 12.3. The number of rotatable bonds is 14. The molecule has 2 aliphatic rings. The molecule has 2 fully saturated rings. The fourth-order valence-corrected chi connectivity index (χ4v) is 8.60. The molecule has 0 radical (unpaired) electrons. The fraction of sp³-hybridized carbons (Fsp3) is 0.333. The molecule has 17 heteroatoms. The summed E-state index contributed by atoms with van der Waals surface area (Å²) in [6.07, 6.45) is 3.89. The molecule has 8 rings (SSSR count). The molecule has 338 valence electrons. The zero-order valence-electron chi connectivity index (χ0n) is 37.4. The Balaban J connectivity index is 0.854. The molecule has 65 heavy (non-hydrogen) atoms. The number of piperidine rings is 1. The van der Waals surface area contributed by atoms with E-state index in [1.54, 1.807) is 26.2 Å². The Kier molecular flexibility index (Phi) is 13.0. The first-order valence-electron chi connectivity index (χ1n) is 21.9. The van der Waals surface area contributed by atoms with E-state index in [0.717, 1.165) is 67.9 Å². The summed E-state index contributed by atoms with van der Waals surface area (Å²) in [5.41, 5.74) is 6.40. The van der Waals surface area contributed by atoms with Crippen molar-refractivity contribution in [3.63, 3.8) is 0 Å². The monoisotopic (exact) mass is 881 g/mol. The molecule has 2 saturated heterocycles. The maximum Gasteiger partial charge on any atom is 0.348 e. The predicted octanol–water partition coefficient (Wildman–Crippen LogP) is 6.11. The van der Waals surface area contributed by atoms with E-state index in [4.69, 9.17) is 9.72 Å². The third kappa shape index (κ3) is 9.45. The molecule has 4 aromatic carbocycles. The number of aromatic hydroxyl groups is 2. The Labute approximate surface area is 377 Å². The van der Waals surface area contributed by atoms with E-state index in [1.165, 1.54) is 15.5 Å². The number of H-pyrrole nitrogens is 1. The number of nitrogens with zero attached hydrogens (tertiary/aromatic N) is 9. The SMILES string of the molecule is CCOc1cc(N2CCC(C(=O)N3CCN(Cc4ccc(-n5c(-c6cc(C)c(O)cc6O)n[nH]c5=O)cc4)CC3)CC2)ccc1Nc1ncc(N(C)C=O)c(N(C)c2ccccc2C)n1. The van der Waals surface area contributed by atoms with Crippen molar-refractivity contribution in [2.24, 2.45) is 5.92 Å². The van der Waals surface area contributed by atoms with Crippen LogP contribution in [0.4, 0.5) is 34.5 Å². The van der Waals surface area contributed by atoms with Crippen LogP contribution in [0.2, 0.25) is 0 Å². The molecule has 2 aliphatic heterocycles. The number of nitrogens with one attached hydrogen (secondary N) is 2. The van der Waals surface area contributed by atoms with Gasteiger partial charge in [0.2, 0.25) is 18.3 Å². The van der Waals surface area contributed by atoms with Crippen LogP contribution in [0.15, 0.2) is 89.9 Å². The van der Waals surface area contributed by atoms with Crippen LogP contribution in [-0.4, -0.2) is 117 Å². The Morgan fingerprint density at radius 1 is 0.892 bits per heavy atom. The third-order valence-electron chi connectivity index (χ3n) is 12.3. The number of aromatic amines is 1.